The second kappa shape index (κ2) is 5.34. The van der Waals surface area contributed by atoms with E-state index in [0.29, 0.717) is 29.3 Å². The summed E-state index contributed by atoms with van der Waals surface area (Å²) in [5.74, 6) is 1.08. The molecule has 0 atom stereocenters. The monoisotopic (exact) mass is 243 g/mol. The van der Waals surface area contributed by atoms with Crippen molar-refractivity contribution in [3.8, 4) is 17.7 Å². The van der Waals surface area contributed by atoms with Crippen molar-refractivity contribution in [3.05, 3.63) is 41.1 Å². The van der Waals surface area contributed by atoms with Crippen molar-refractivity contribution in [2.45, 2.75) is 20.0 Å². The van der Waals surface area contributed by atoms with Crippen LogP contribution in [0.25, 0.3) is 0 Å². The smallest absolute Gasteiger partial charge is 0.218 e. The second-order valence-electron chi connectivity index (χ2n) is 3.73. The number of ether oxygens (including phenoxy) is 1. The number of nitrogens with one attached hydrogen (secondary N) is 1. The molecule has 0 amide bonds. The van der Waals surface area contributed by atoms with Crippen LogP contribution in [0.1, 0.15) is 23.7 Å². The van der Waals surface area contributed by atoms with Crippen LogP contribution in [-0.2, 0) is 13.0 Å². The second-order valence-corrected chi connectivity index (χ2v) is 3.73. The minimum Gasteiger partial charge on any atom is -0.439 e. The van der Waals surface area contributed by atoms with Crippen molar-refractivity contribution >= 4 is 0 Å². The fraction of sp³-hybridized carbons (Fsp3) is 0.231. The SMILES string of the molecule is CCc1c(CO)n[nH]c1Oc1cccc(C#N)c1. The lowest BCUT2D eigenvalue weighted by Gasteiger charge is -2.05. The zero-order chi connectivity index (χ0) is 13.0. The molecule has 0 saturated carbocycles. The molecule has 0 unspecified atom stereocenters. The van der Waals surface area contributed by atoms with Gasteiger partial charge in [-0.2, -0.15) is 10.4 Å². The van der Waals surface area contributed by atoms with E-state index in [1.165, 1.54) is 0 Å². The van der Waals surface area contributed by atoms with Gasteiger partial charge in [0.2, 0.25) is 5.88 Å². The van der Waals surface area contributed by atoms with Gasteiger partial charge in [-0.3, -0.25) is 0 Å². The molecule has 5 nitrogen and oxygen atoms in total. The van der Waals surface area contributed by atoms with Gasteiger partial charge in [0.15, 0.2) is 0 Å². The van der Waals surface area contributed by atoms with Gasteiger partial charge in [0.1, 0.15) is 5.75 Å². The van der Waals surface area contributed by atoms with Crippen LogP contribution in [0.4, 0.5) is 0 Å². The zero-order valence-electron chi connectivity index (χ0n) is 9.97. The summed E-state index contributed by atoms with van der Waals surface area (Å²) in [4.78, 5) is 0. The number of hydrogen-bond donors (Lipinski definition) is 2. The van der Waals surface area contributed by atoms with E-state index >= 15 is 0 Å². The van der Waals surface area contributed by atoms with E-state index in [4.69, 9.17) is 15.1 Å². The topological polar surface area (TPSA) is 81.9 Å². The van der Waals surface area contributed by atoms with Crippen LogP contribution in [0.2, 0.25) is 0 Å². The predicted molar refractivity (Wildman–Crippen MR) is 65.1 cm³/mol. The van der Waals surface area contributed by atoms with Crippen molar-refractivity contribution in [2.75, 3.05) is 0 Å². The molecule has 92 valence electrons. The van der Waals surface area contributed by atoms with Crippen LogP contribution < -0.4 is 4.74 Å². The molecule has 0 bridgehead atoms. The number of H-pyrrole nitrogens is 1. The van der Waals surface area contributed by atoms with Gasteiger partial charge in [0.25, 0.3) is 0 Å². The molecule has 1 aromatic carbocycles. The van der Waals surface area contributed by atoms with Gasteiger partial charge < -0.3 is 9.84 Å². The molecule has 2 rings (SSSR count). The third kappa shape index (κ3) is 2.34. The first kappa shape index (κ1) is 12.1. The highest BCUT2D eigenvalue weighted by atomic mass is 16.5. The number of nitrogens with zero attached hydrogens (tertiary/aromatic N) is 2. The van der Waals surface area contributed by atoms with E-state index in [0.717, 1.165) is 5.56 Å². The lowest BCUT2D eigenvalue weighted by molar-refractivity contribution is 0.275. The summed E-state index contributed by atoms with van der Waals surface area (Å²) >= 11 is 0. The van der Waals surface area contributed by atoms with Gasteiger partial charge in [-0.15, -0.1) is 0 Å². The van der Waals surface area contributed by atoms with Crippen molar-refractivity contribution < 1.29 is 9.84 Å². The Morgan fingerprint density at radius 2 is 2.33 bits per heavy atom. The Labute approximate surface area is 105 Å². The van der Waals surface area contributed by atoms with Gasteiger partial charge >= 0.3 is 0 Å². The van der Waals surface area contributed by atoms with Gasteiger partial charge in [0.05, 0.1) is 23.9 Å². The summed E-state index contributed by atoms with van der Waals surface area (Å²) in [7, 11) is 0. The quantitative estimate of drug-likeness (QED) is 0.861. The van der Waals surface area contributed by atoms with Crippen LogP contribution in [0.5, 0.6) is 11.6 Å². The third-order valence-electron chi connectivity index (χ3n) is 2.60. The minimum absolute atomic E-state index is 0.124. The van der Waals surface area contributed by atoms with Crippen molar-refractivity contribution in [2.24, 2.45) is 0 Å². The summed E-state index contributed by atoms with van der Waals surface area (Å²) in [5, 5.41) is 24.7. The Balaban J connectivity index is 2.28. The highest BCUT2D eigenvalue weighted by Crippen LogP contribution is 2.26. The van der Waals surface area contributed by atoms with E-state index in [-0.39, 0.29) is 6.61 Å². The molecule has 0 saturated heterocycles. The Morgan fingerprint density at radius 1 is 1.50 bits per heavy atom. The molecule has 0 aliphatic rings. The number of aliphatic hydroxyl groups excluding tert-OH is 1. The Hall–Kier alpha value is -2.32. The standard InChI is InChI=1S/C13H13N3O2/c1-2-11-12(8-17)15-16-13(11)18-10-5-3-4-9(6-10)7-14/h3-6,17H,2,8H2,1H3,(H,15,16). The van der Waals surface area contributed by atoms with E-state index in [1.807, 2.05) is 6.92 Å². The fourth-order valence-corrected chi connectivity index (χ4v) is 1.71. The molecule has 18 heavy (non-hydrogen) atoms. The fourth-order valence-electron chi connectivity index (χ4n) is 1.71. The van der Waals surface area contributed by atoms with Crippen molar-refractivity contribution in [1.29, 1.82) is 5.26 Å². The molecule has 5 heteroatoms. The van der Waals surface area contributed by atoms with Crippen molar-refractivity contribution in [3.63, 3.8) is 0 Å². The van der Waals surface area contributed by atoms with Gasteiger partial charge in [-0.05, 0) is 24.6 Å². The zero-order valence-corrected chi connectivity index (χ0v) is 9.97. The molecular formula is C13H13N3O2. The molecule has 0 aliphatic carbocycles. The predicted octanol–water partition coefficient (Wildman–Crippen LogP) is 2.13. The number of nitriles is 1. The summed E-state index contributed by atoms with van der Waals surface area (Å²) in [6.45, 7) is 1.84. The number of rotatable bonds is 4. The summed E-state index contributed by atoms with van der Waals surface area (Å²) in [6.07, 6.45) is 0.708. The van der Waals surface area contributed by atoms with E-state index in [1.54, 1.807) is 24.3 Å². The number of aliphatic hydroxyl groups is 1. The number of benzene rings is 1. The van der Waals surface area contributed by atoms with Gasteiger partial charge in [-0.1, -0.05) is 13.0 Å². The number of aromatic nitrogens is 2. The molecule has 2 aromatic rings. The van der Waals surface area contributed by atoms with Gasteiger partial charge in [0, 0.05) is 5.56 Å². The summed E-state index contributed by atoms with van der Waals surface area (Å²) in [5.41, 5.74) is 1.97. The molecular weight excluding hydrogens is 230 g/mol. The normalized spacial score (nSPS) is 10.1. The molecule has 0 aliphatic heterocycles. The first-order valence-corrected chi connectivity index (χ1v) is 5.63. The lowest BCUT2D eigenvalue weighted by atomic mass is 10.2. The number of aromatic amines is 1. The van der Waals surface area contributed by atoms with Crippen molar-refractivity contribution in [1.82, 2.24) is 10.2 Å². The Morgan fingerprint density at radius 3 is 3.00 bits per heavy atom. The van der Waals surface area contributed by atoms with Crippen LogP contribution in [-0.4, -0.2) is 15.3 Å². The maximum atomic E-state index is 9.13. The molecule has 2 N–H and O–H groups in total. The van der Waals surface area contributed by atoms with Crippen LogP contribution >= 0.6 is 0 Å². The highest BCUT2D eigenvalue weighted by molar-refractivity contribution is 5.40. The van der Waals surface area contributed by atoms with E-state index in [9.17, 15) is 0 Å². The summed E-state index contributed by atoms with van der Waals surface area (Å²) in [6, 6.07) is 8.93. The molecule has 0 radical (unpaired) electrons. The highest BCUT2D eigenvalue weighted by Gasteiger charge is 2.12. The van der Waals surface area contributed by atoms with Crippen LogP contribution in [0.15, 0.2) is 24.3 Å². The van der Waals surface area contributed by atoms with Gasteiger partial charge in [-0.25, -0.2) is 5.10 Å². The third-order valence-corrected chi connectivity index (χ3v) is 2.60. The first-order chi connectivity index (χ1) is 8.78. The summed E-state index contributed by atoms with van der Waals surface area (Å²) < 4.78 is 5.65. The molecule has 1 aromatic heterocycles. The Bertz CT molecular complexity index is 584. The molecule has 0 spiro atoms. The molecule has 0 fully saturated rings. The first-order valence-electron chi connectivity index (χ1n) is 5.63. The largest absolute Gasteiger partial charge is 0.439 e. The molecule has 1 heterocycles. The maximum absolute atomic E-state index is 9.13. The van der Waals surface area contributed by atoms with Crippen LogP contribution in [0.3, 0.4) is 0 Å². The maximum Gasteiger partial charge on any atom is 0.218 e. The average Bonchev–Trinajstić information content (AvgIpc) is 2.80. The van der Waals surface area contributed by atoms with E-state index in [2.05, 4.69) is 16.3 Å². The lowest BCUT2D eigenvalue weighted by Crippen LogP contribution is -1.92. The Kier molecular flexibility index (Phi) is 3.60. The average molecular weight is 243 g/mol. The minimum atomic E-state index is -0.124. The van der Waals surface area contributed by atoms with E-state index < -0.39 is 0 Å². The van der Waals surface area contributed by atoms with Crippen LogP contribution in [0, 0.1) is 11.3 Å². The number of hydrogen-bond acceptors (Lipinski definition) is 4.